The number of carbonyl (C=O) groups is 1. The average molecular weight is 439 g/mol. The summed E-state index contributed by atoms with van der Waals surface area (Å²) in [5, 5.41) is 11.5. The zero-order valence-electron chi connectivity index (χ0n) is 17.8. The summed E-state index contributed by atoms with van der Waals surface area (Å²) in [6.07, 6.45) is 3.27. The number of nitrogens with zero attached hydrogens (tertiary/aromatic N) is 5. The van der Waals surface area contributed by atoms with Gasteiger partial charge < -0.3 is 15.5 Å². The topological polar surface area (TPSA) is 79.5 Å². The molecule has 4 aromatic rings. The second-order valence-corrected chi connectivity index (χ2v) is 7.83. The Balaban J connectivity index is 1.53. The highest BCUT2D eigenvalue weighted by molar-refractivity contribution is 6.13. The summed E-state index contributed by atoms with van der Waals surface area (Å²) in [5.74, 6) is -1.83. The number of pyridine rings is 1. The quantitative estimate of drug-likeness (QED) is 0.511. The van der Waals surface area contributed by atoms with Crippen LogP contribution < -0.4 is 15.5 Å². The summed E-state index contributed by atoms with van der Waals surface area (Å²) >= 11 is 0. The van der Waals surface area contributed by atoms with Crippen molar-refractivity contribution in [2.24, 2.45) is 0 Å². The number of hydrogen-bond donors (Lipinski definition) is 2. The number of nitrogens with one attached hydrogen (secondary N) is 2. The van der Waals surface area contributed by atoms with Gasteiger partial charge in [0, 0.05) is 62.3 Å². The molecule has 1 amide bonds. The molecule has 3 aromatic heterocycles. The number of aryl methyl sites for hydroxylation is 2. The Kier molecular flexibility index (Phi) is 5.01. The van der Waals surface area contributed by atoms with Gasteiger partial charge in [-0.3, -0.25) is 13.9 Å². The molecule has 4 heterocycles. The Morgan fingerprint density at radius 3 is 2.75 bits per heavy atom. The highest BCUT2D eigenvalue weighted by Gasteiger charge is 2.21. The highest BCUT2D eigenvalue weighted by atomic mass is 19.1. The van der Waals surface area contributed by atoms with E-state index in [1.807, 2.05) is 19.2 Å². The van der Waals surface area contributed by atoms with Crippen LogP contribution in [0.25, 0.3) is 16.6 Å². The van der Waals surface area contributed by atoms with E-state index < -0.39 is 17.7 Å². The van der Waals surface area contributed by atoms with Crippen molar-refractivity contribution in [3.63, 3.8) is 0 Å². The molecule has 0 bridgehead atoms. The van der Waals surface area contributed by atoms with Crippen molar-refractivity contribution >= 4 is 33.8 Å². The summed E-state index contributed by atoms with van der Waals surface area (Å²) < 4.78 is 31.5. The van der Waals surface area contributed by atoms with Crippen molar-refractivity contribution in [3.05, 3.63) is 53.6 Å². The van der Waals surface area contributed by atoms with Crippen molar-refractivity contribution in [2.45, 2.75) is 20.4 Å². The number of halogens is 2. The first-order valence-electron chi connectivity index (χ1n) is 10.6. The number of piperazine rings is 1. The summed E-state index contributed by atoms with van der Waals surface area (Å²) in [6, 6.07) is 4.79. The molecule has 1 aromatic carbocycles. The van der Waals surface area contributed by atoms with E-state index in [9.17, 15) is 13.6 Å². The van der Waals surface area contributed by atoms with Crippen LogP contribution in [0.15, 0.2) is 30.6 Å². The van der Waals surface area contributed by atoms with Crippen molar-refractivity contribution in [1.29, 1.82) is 0 Å². The van der Waals surface area contributed by atoms with E-state index in [-0.39, 0.29) is 17.0 Å². The van der Waals surface area contributed by atoms with Crippen molar-refractivity contribution in [3.8, 4) is 0 Å². The minimum absolute atomic E-state index is 0.0858. The molecule has 1 aliphatic heterocycles. The van der Waals surface area contributed by atoms with Gasteiger partial charge in [-0.05, 0) is 26.0 Å². The third kappa shape index (κ3) is 3.36. The molecule has 5 rings (SSSR count). The lowest BCUT2D eigenvalue weighted by atomic mass is 10.1. The van der Waals surface area contributed by atoms with E-state index in [1.54, 1.807) is 10.7 Å². The molecule has 0 saturated carbocycles. The zero-order chi connectivity index (χ0) is 22.4. The second-order valence-electron chi connectivity index (χ2n) is 7.83. The third-order valence-corrected chi connectivity index (χ3v) is 5.76. The van der Waals surface area contributed by atoms with E-state index >= 15 is 0 Å². The molecule has 0 unspecified atom stereocenters. The van der Waals surface area contributed by atoms with Crippen molar-refractivity contribution in [2.75, 3.05) is 36.4 Å². The van der Waals surface area contributed by atoms with Gasteiger partial charge in [0.2, 0.25) is 5.95 Å². The normalized spacial score (nSPS) is 14.4. The number of imidazole rings is 1. The summed E-state index contributed by atoms with van der Waals surface area (Å²) in [5.41, 5.74) is 2.07. The Morgan fingerprint density at radius 1 is 1.22 bits per heavy atom. The lowest BCUT2D eigenvalue weighted by Crippen LogP contribution is -2.43. The van der Waals surface area contributed by atoms with Gasteiger partial charge in [0.05, 0.1) is 16.9 Å². The number of fused-ring (bicyclic) bond motifs is 2. The van der Waals surface area contributed by atoms with Crippen molar-refractivity contribution in [1.82, 2.24) is 24.5 Å². The fourth-order valence-electron chi connectivity index (χ4n) is 4.12. The SMILES string of the molecule is CCn1cc2c(N3CCNCC3)ccc(C(=O)Nc3cc(F)c4nc(C)c(F)n4c3)c2n1. The molecule has 166 valence electrons. The maximum atomic E-state index is 14.4. The van der Waals surface area contributed by atoms with E-state index in [4.69, 9.17) is 0 Å². The molecule has 1 aliphatic rings. The summed E-state index contributed by atoms with van der Waals surface area (Å²) in [4.78, 5) is 19.3. The Morgan fingerprint density at radius 2 is 2.00 bits per heavy atom. The van der Waals surface area contributed by atoms with Gasteiger partial charge in [-0.25, -0.2) is 9.37 Å². The van der Waals surface area contributed by atoms with Crippen LogP contribution in [0.5, 0.6) is 0 Å². The predicted octanol–water partition coefficient (Wildman–Crippen LogP) is 2.95. The van der Waals surface area contributed by atoms with Gasteiger partial charge >= 0.3 is 0 Å². The Hall–Kier alpha value is -3.53. The van der Waals surface area contributed by atoms with Crippen LogP contribution in [-0.4, -0.2) is 51.3 Å². The molecule has 0 spiro atoms. The van der Waals surface area contributed by atoms with Gasteiger partial charge in [-0.15, -0.1) is 0 Å². The van der Waals surface area contributed by atoms with Gasteiger partial charge in [-0.2, -0.15) is 9.49 Å². The lowest BCUT2D eigenvalue weighted by molar-refractivity contribution is 0.102. The molecule has 0 atom stereocenters. The van der Waals surface area contributed by atoms with Crippen LogP contribution in [0.3, 0.4) is 0 Å². The highest BCUT2D eigenvalue weighted by Crippen LogP contribution is 2.30. The van der Waals surface area contributed by atoms with Gasteiger partial charge in [-0.1, -0.05) is 0 Å². The minimum Gasteiger partial charge on any atom is -0.368 e. The van der Waals surface area contributed by atoms with Gasteiger partial charge in [0.15, 0.2) is 11.5 Å². The Labute approximate surface area is 182 Å². The second kappa shape index (κ2) is 7.86. The first kappa shape index (κ1) is 20.4. The molecule has 10 heteroatoms. The maximum absolute atomic E-state index is 14.4. The first-order chi connectivity index (χ1) is 15.5. The van der Waals surface area contributed by atoms with E-state index in [0.29, 0.717) is 17.6 Å². The molecular formula is C22H23F2N7O. The molecular weight excluding hydrogens is 416 g/mol. The molecule has 0 radical (unpaired) electrons. The smallest absolute Gasteiger partial charge is 0.257 e. The number of hydrogen-bond acceptors (Lipinski definition) is 5. The van der Waals surface area contributed by atoms with Gasteiger partial charge in [0.1, 0.15) is 5.52 Å². The van der Waals surface area contributed by atoms with Crippen LogP contribution in [0.1, 0.15) is 23.0 Å². The molecule has 1 fully saturated rings. The van der Waals surface area contributed by atoms with Gasteiger partial charge in [0.25, 0.3) is 5.91 Å². The molecule has 32 heavy (non-hydrogen) atoms. The van der Waals surface area contributed by atoms with Crippen LogP contribution in [0.4, 0.5) is 20.2 Å². The number of benzene rings is 1. The maximum Gasteiger partial charge on any atom is 0.257 e. The molecule has 1 saturated heterocycles. The zero-order valence-corrected chi connectivity index (χ0v) is 17.8. The standard InChI is InChI=1S/C22H23F2N7O/c1-3-30-12-16-18(29-8-6-25-7-9-29)5-4-15(19(16)28-30)22(32)27-14-10-17(23)21-26-13(2)20(24)31(21)11-14/h4-5,10-12,25H,3,6-9H2,1-2H3,(H,27,32). The summed E-state index contributed by atoms with van der Waals surface area (Å²) in [6.45, 7) is 7.63. The fourth-order valence-corrected chi connectivity index (χ4v) is 4.12. The average Bonchev–Trinajstić information content (AvgIpc) is 3.36. The van der Waals surface area contributed by atoms with E-state index in [2.05, 4.69) is 25.6 Å². The van der Waals surface area contributed by atoms with Crippen molar-refractivity contribution < 1.29 is 13.6 Å². The number of rotatable bonds is 4. The lowest BCUT2D eigenvalue weighted by Gasteiger charge is -2.30. The minimum atomic E-state index is -0.718. The largest absolute Gasteiger partial charge is 0.368 e. The fraction of sp³-hybridized carbons (Fsp3) is 0.318. The summed E-state index contributed by atoms with van der Waals surface area (Å²) in [7, 11) is 0. The monoisotopic (exact) mass is 439 g/mol. The van der Waals surface area contributed by atoms with Crippen LogP contribution in [0, 0.1) is 18.7 Å². The number of aromatic nitrogens is 4. The van der Waals surface area contributed by atoms with E-state index in [0.717, 1.165) is 47.7 Å². The molecule has 8 nitrogen and oxygen atoms in total. The predicted molar refractivity (Wildman–Crippen MR) is 118 cm³/mol. The molecule has 2 N–H and O–H groups in total. The van der Waals surface area contributed by atoms with Crippen LogP contribution in [0.2, 0.25) is 0 Å². The van der Waals surface area contributed by atoms with Crippen LogP contribution >= 0.6 is 0 Å². The molecule has 0 aliphatic carbocycles. The first-order valence-corrected chi connectivity index (χ1v) is 10.6. The number of anilines is 2. The number of carbonyl (C=O) groups excluding carboxylic acids is 1. The third-order valence-electron chi connectivity index (χ3n) is 5.76. The van der Waals surface area contributed by atoms with E-state index in [1.165, 1.54) is 13.1 Å². The number of amides is 1. The van der Waals surface area contributed by atoms with Crippen LogP contribution in [-0.2, 0) is 6.54 Å². The Bertz CT molecular complexity index is 1340.